The number of nitrogens with zero attached hydrogens (tertiary/aromatic N) is 4. The standard InChI is InChI=1S/C10H14N4O/c1-8(6-11)7-14(2)10-12-5-4-9(13-10)15-3/h4-5,8H,7H2,1-3H3/t8-/m0/s1. The van der Waals surface area contributed by atoms with Gasteiger partial charge in [0.05, 0.1) is 19.1 Å². The van der Waals surface area contributed by atoms with Crippen LogP contribution in [0.5, 0.6) is 5.88 Å². The smallest absolute Gasteiger partial charge is 0.228 e. The molecule has 1 atom stereocenters. The van der Waals surface area contributed by atoms with Gasteiger partial charge in [0.2, 0.25) is 11.8 Å². The molecule has 1 heterocycles. The molecule has 0 amide bonds. The van der Waals surface area contributed by atoms with Crippen molar-refractivity contribution in [1.82, 2.24) is 9.97 Å². The van der Waals surface area contributed by atoms with Gasteiger partial charge in [0.25, 0.3) is 0 Å². The van der Waals surface area contributed by atoms with Crippen molar-refractivity contribution in [2.75, 3.05) is 25.6 Å². The van der Waals surface area contributed by atoms with Crippen LogP contribution in [0.25, 0.3) is 0 Å². The maximum absolute atomic E-state index is 8.69. The largest absolute Gasteiger partial charge is 0.481 e. The Balaban J connectivity index is 2.73. The average molecular weight is 206 g/mol. The van der Waals surface area contributed by atoms with E-state index in [9.17, 15) is 0 Å². The van der Waals surface area contributed by atoms with Crippen LogP contribution in [0.4, 0.5) is 5.95 Å². The summed E-state index contributed by atoms with van der Waals surface area (Å²) in [6.45, 7) is 2.46. The van der Waals surface area contributed by atoms with Gasteiger partial charge >= 0.3 is 0 Å². The van der Waals surface area contributed by atoms with E-state index in [1.807, 2.05) is 18.9 Å². The molecule has 80 valence electrons. The number of aromatic nitrogens is 2. The molecule has 0 aliphatic heterocycles. The van der Waals surface area contributed by atoms with E-state index >= 15 is 0 Å². The van der Waals surface area contributed by atoms with Crippen LogP contribution in [0.3, 0.4) is 0 Å². The number of hydrogen-bond acceptors (Lipinski definition) is 5. The topological polar surface area (TPSA) is 62.0 Å². The molecule has 0 spiro atoms. The summed E-state index contributed by atoms with van der Waals surface area (Å²) in [6.07, 6.45) is 1.63. The van der Waals surface area contributed by atoms with Gasteiger partial charge in [-0.2, -0.15) is 10.2 Å². The van der Waals surface area contributed by atoms with Crippen molar-refractivity contribution < 1.29 is 4.74 Å². The highest BCUT2D eigenvalue weighted by atomic mass is 16.5. The Morgan fingerprint density at radius 2 is 2.40 bits per heavy atom. The van der Waals surface area contributed by atoms with E-state index in [2.05, 4.69) is 16.0 Å². The summed E-state index contributed by atoms with van der Waals surface area (Å²) in [6, 6.07) is 3.85. The van der Waals surface area contributed by atoms with Crippen LogP contribution in [0.15, 0.2) is 12.3 Å². The summed E-state index contributed by atoms with van der Waals surface area (Å²) in [7, 11) is 3.41. The maximum atomic E-state index is 8.69. The number of rotatable bonds is 4. The van der Waals surface area contributed by atoms with E-state index in [0.717, 1.165) is 0 Å². The van der Waals surface area contributed by atoms with Crippen molar-refractivity contribution in [2.45, 2.75) is 6.92 Å². The van der Waals surface area contributed by atoms with Crippen LogP contribution in [0.2, 0.25) is 0 Å². The first kappa shape index (κ1) is 11.2. The van der Waals surface area contributed by atoms with Gasteiger partial charge in [-0.1, -0.05) is 0 Å². The molecule has 0 saturated carbocycles. The van der Waals surface area contributed by atoms with E-state index in [0.29, 0.717) is 18.4 Å². The molecule has 5 heteroatoms. The van der Waals surface area contributed by atoms with E-state index < -0.39 is 0 Å². The molecule has 0 N–H and O–H groups in total. The molecule has 0 radical (unpaired) electrons. The fraction of sp³-hybridized carbons (Fsp3) is 0.500. The zero-order chi connectivity index (χ0) is 11.3. The number of hydrogen-bond donors (Lipinski definition) is 0. The third-order valence-corrected chi connectivity index (χ3v) is 1.94. The summed E-state index contributed by atoms with van der Waals surface area (Å²) >= 11 is 0. The van der Waals surface area contributed by atoms with Crippen LogP contribution >= 0.6 is 0 Å². The minimum Gasteiger partial charge on any atom is -0.481 e. The molecular weight excluding hydrogens is 192 g/mol. The van der Waals surface area contributed by atoms with E-state index in [4.69, 9.17) is 10.00 Å². The van der Waals surface area contributed by atoms with Gasteiger partial charge in [-0.15, -0.1) is 0 Å². The molecule has 1 aromatic heterocycles. The molecule has 1 aromatic rings. The first-order valence-corrected chi connectivity index (χ1v) is 4.65. The SMILES string of the molecule is COc1ccnc(N(C)C[C@@H](C)C#N)n1. The lowest BCUT2D eigenvalue weighted by atomic mass is 10.2. The van der Waals surface area contributed by atoms with Crippen molar-refractivity contribution in [3.05, 3.63) is 12.3 Å². The molecule has 0 saturated heterocycles. The molecule has 0 bridgehead atoms. The Morgan fingerprint density at radius 3 is 3.00 bits per heavy atom. The predicted octanol–water partition coefficient (Wildman–Crippen LogP) is 1.08. The van der Waals surface area contributed by atoms with Gasteiger partial charge in [-0.3, -0.25) is 0 Å². The lowest BCUT2D eigenvalue weighted by molar-refractivity contribution is 0.396. The number of nitriles is 1. The highest BCUT2D eigenvalue weighted by Crippen LogP contribution is 2.11. The minimum atomic E-state index is -0.0511. The average Bonchev–Trinajstić information content (AvgIpc) is 2.28. The Labute approximate surface area is 89.3 Å². The highest BCUT2D eigenvalue weighted by Gasteiger charge is 2.09. The Morgan fingerprint density at radius 1 is 1.67 bits per heavy atom. The molecule has 5 nitrogen and oxygen atoms in total. The molecule has 0 aliphatic carbocycles. The Bertz CT molecular complexity index is 361. The fourth-order valence-corrected chi connectivity index (χ4v) is 1.16. The quantitative estimate of drug-likeness (QED) is 0.737. The molecule has 0 aliphatic rings. The van der Waals surface area contributed by atoms with E-state index in [1.54, 1.807) is 19.4 Å². The Hall–Kier alpha value is -1.83. The van der Waals surface area contributed by atoms with Crippen molar-refractivity contribution in [3.8, 4) is 11.9 Å². The minimum absolute atomic E-state index is 0.0511. The van der Waals surface area contributed by atoms with Gasteiger partial charge < -0.3 is 9.64 Å². The van der Waals surface area contributed by atoms with Crippen LogP contribution in [-0.2, 0) is 0 Å². The number of ether oxygens (including phenoxy) is 1. The summed E-state index contributed by atoms with van der Waals surface area (Å²) in [5, 5.41) is 8.69. The second-order valence-corrected chi connectivity index (χ2v) is 3.31. The lowest BCUT2D eigenvalue weighted by Crippen LogP contribution is -2.25. The first-order valence-electron chi connectivity index (χ1n) is 4.65. The fourth-order valence-electron chi connectivity index (χ4n) is 1.16. The van der Waals surface area contributed by atoms with Crippen LogP contribution < -0.4 is 9.64 Å². The normalized spacial score (nSPS) is 11.6. The second-order valence-electron chi connectivity index (χ2n) is 3.31. The van der Waals surface area contributed by atoms with Crippen molar-refractivity contribution >= 4 is 5.95 Å². The molecule has 0 unspecified atom stereocenters. The van der Waals surface area contributed by atoms with E-state index in [1.165, 1.54) is 0 Å². The summed E-state index contributed by atoms with van der Waals surface area (Å²) in [5.41, 5.74) is 0. The predicted molar refractivity (Wildman–Crippen MR) is 56.6 cm³/mol. The molecule has 15 heavy (non-hydrogen) atoms. The third-order valence-electron chi connectivity index (χ3n) is 1.94. The third kappa shape index (κ3) is 3.09. The summed E-state index contributed by atoms with van der Waals surface area (Å²) in [5.74, 6) is 1.04. The molecule has 0 fully saturated rings. The Kier molecular flexibility index (Phi) is 3.86. The van der Waals surface area contributed by atoms with Crippen molar-refractivity contribution in [3.63, 3.8) is 0 Å². The zero-order valence-electron chi connectivity index (χ0n) is 9.14. The van der Waals surface area contributed by atoms with E-state index in [-0.39, 0.29) is 5.92 Å². The number of methoxy groups -OCH3 is 1. The molecule has 0 aromatic carbocycles. The molecule has 1 rings (SSSR count). The molecular formula is C10H14N4O. The zero-order valence-corrected chi connectivity index (χ0v) is 9.14. The van der Waals surface area contributed by atoms with Crippen molar-refractivity contribution in [1.29, 1.82) is 5.26 Å². The van der Waals surface area contributed by atoms with Gasteiger partial charge in [0, 0.05) is 25.9 Å². The van der Waals surface area contributed by atoms with Crippen LogP contribution in [0.1, 0.15) is 6.92 Å². The maximum Gasteiger partial charge on any atom is 0.228 e. The van der Waals surface area contributed by atoms with Gasteiger partial charge in [0.1, 0.15) is 0 Å². The van der Waals surface area contributed by atoms with Gasteiger partial charge in [-0.25, -0.2) is 4.98 Å². The van der Waals surface area contributed by atoms with Gasteiger partial charge in [0.15, 0.2) is 0 Å². The monoisotopic (exact) mass is 206 g/mol. The van der Waals surface area contributed by atoms with Crippen molar-refractivity contribution in [2.24, 2.45) is 5.92 Å². The van der Waals surface area contributed by atoms with Crippen LogP contribution in [0, 0.1) is 17.2 Å². The highest BCUT2D eigenvalue weighted by molar-refractivity contribution is 5.30. The van der Waals surface area contributed by atoms with Crippen LogP contribution in [-0.4, -0.2) is 30.7 Å². The second kappa shape index (κ2) is 5.15. The number of anilines is 1. The lowest BCUT2D eigenvalue weighted by Gasteiger charge is -2.17. The summed E-state index contributed by atoms with van der Waals surface area (Å²) < 4.78 is 4.99. The first-order chi connectivity index (χ1) is 7.17. The summed E-state index contributed by atoms with van der Waals surface area (Å²) in [4.78, 5) is 10.1. The van der Waals surface area contributed by atoms with Gasteiger partial charge in [-0.05, 0) is 6.92 Å².